The molecule has 5 aromatic rings. The Morgan fingerprint density at radius 1 is 0.763 bits per heavy atom. The molecule has 0 saturated carbocycles. The van der Waals surface area contributed by atoms with Crippen molar-refractivity contribution in [2.75, 3.05) is 0 Å². The van der Waals surface area contributed by atoms with Crippen LogP contribution in [0.2, 0.25) is 0 Å². The van der Waals surface area contributed by atoms with Gasteiger partial charge in [0.05, 0.1) is 0 Å². The van der Waals surface area contributed by atoms with Gasteiger partial charge in [0, 0.05) is 0 Å². The Morgan fingerprint density at radius 2 is 1.47 bits per heavy atom. The van der Waals surface area contributed by atoms with Gasteiger partial charge < -0.3 is 0 Å². The second-order valence-electron chi connectivity index (χ2n) is 9.33. The van der Waals surface area contributed by atoms with Crippen LogP contribution in [0.3, 0.4) is 0 Å². The molecular formula is C32H26IN5. The van der Waals surface area contributed by atoms with Crippen LogP contribution in [0.5, 0.6) is 0 Å². The third kappa shape index (κ3) is 4.53. The average Bonchev–Trinajstić information content (AvgIpc) is 3.74. The van der Waals surface area contributed by atoms with Crippen LogP contribution in [0.4, 0.5) is 0 Å². The fourth-order valence-corrected chi connectivity index (χ4v) is 7.05. The van der Waals surface area contributed by atoms with E-state index in [1.807, 2.05) is 0 Å². The molecule has 7 rings (SSSR count). The van der Waals surface area contributed by atoms with Crippen LogP contribution in [-0.2, 0) is 0 Å². The summed E-state index contributed by atoms with van der Waals surface area (Å²) in [7, 11) is 0. The van der Waals surface area contributed by atoms with Crippen LogP contribution in [0.15, 0.2) is 121 Å². The Bertz CT molecular complexity index is 1660. The quantitative estimate of drug-likeness (QED) is 0.109. The van der Waals surface area contributed by atoms with E-state index in [2.05, 4.69) is 145 Å². The van der Waals surface area contributed by atoms with E-state index in [0.717, 1.165) is 11.4 Å². The van der Waals surface area contributed by atoms with Gasteiger partial charge in [-0.25, -0.2) is 0 Å². The molecule has 3 atom stereocenters. The number of fused-ring (bicyclic) bond motifs is 1. The molecule has 0 spiro atoms. The zero-order chi connectivity index (χ0) is 25.3. The summed E-state index contributed by atoms with van der Waals surface area (Å²) in [5.74, 6) is 0.918. The first-order valence-corrected chi connectivity index (χ1v) is 14.8. The van der Waals surface area contributed by atoms with Crippen molar-refractivity contribution < 1.29 is 21.5 Å². The van der Waals surface area contributed by atoms with Gasteiger partial charge in [0.2, 0.25) is 0 Å². The molecule has 1 saturated heterocycles. The monoisotopic (exact) mass is 607 g/mol. The number of hydrogen-bond donors (Lipinski definition) is 3. The number of halogens is 1. The molecule has 0 amide bonds. The predicted octanol–water partition coefficient (Wildman–Crippen LogP) is 1.93. The number of benzene rings is 5. The molecule has 186 valence electrons. The van der Waals surface area contributed by atoms with E-state index >= 15 is 0 Å². The summed E-state index contributed by atoms with van der Waals surface area (Å²) in [6.45, 7) is 0. The number of rotatable bonds is 8. The van der Waals surface area contributed by atoms with Crippen LogP contribution >= 0.6 is 0 Å². The minimum absolute atomic E-state index is 0.0709. The fourth-order valence-electron chi connectivity index (χ4n) is 4.96. The first-order chi connectivity index (χ1) is 18.8. The maximum atomic E-state index is 4.46. The molecule has 0 radical (unpaired) electrons. The molecule has 38 heavy (non-hydrogen) atoms. The minimum atomic E-state index is -0.367. The standard InChI is InChI=1S/C32H25IN5/c1-3-10-24(11-4-1)32-37-38(32)31(36-33-26-12-5-2-6-13-26)25-17-15-23(16-18-25)29-27-14-8-7-9-22(27)19-20-28(29)30-34-21-35-30/h1-21,31-32,36-37H/q-1/p+1. The molecule has 6 heteroatoms. The molecule has 0 aromatic heterocycles. The van der Waals surface area contributed by atoms with Crippen LogP contribution in [0.1, 0.15) is 29.0 Å². The third-order valence-electron chi connectivity index (χ3n) is 6.97. The topological polar surface area (TPSA) is 63.1 Å². The van der Waals surface area contributed by atoms with Crippen molar-refractivity contribution >= 4 is 22.9 Å². The van der Waals surface area contributed by atoms with Crippen LogP contribution < -0.4 is 40.4 Å². The van der Waals surface area contributed by atoms with Crippen molar-refractivity contribution in [2.45, 2.75) is 12.3 Å². The number of nitrogens with one attached hydrogen (secondary N) is 3. The first kappa shape index (κ1) is 23.3. The SMILES string of the molecule is C1=[N+]=C(c2ccc3ccccc3c2-c2ccc(C(N[I-]c3ccccc3)N3NC3c3ccccc3)cc2)N1. The summed E-state index contributed by atoms with van der Waals surface area (Å²) in [6.07, 6.45) is 2.02. The van der Waals surface area contributed by atoms with E-state index in [0.29, 0.717) is 0 Å². The summed E-state index contributed by atoms with van der Waals surface area (Å²) in [6, 6.07) is 43.3. The molecule has 3 unspecified atom stereocenters. The molecule has 2 aliphatic rings. The van der Waals surface area contributed by atoms with Crippen molar-refractivity contribution in [3.63, 3.8) is 0 Å². The number of hydrogen-bond acceptors (Lipinski definition) is 4. The Morgan fingerprint density at radius 3 is 2.21 bits per heavy atom. The van der Waals surface area contributed by atoms with Gasteiger partial charge in [0.1, 0.15) is 0 Å². The van der Waals surface area contributed by atoms with E-state index < -0.39 is 0 Å². The van der Waals surface area contributed by atoms with Crippen LogP contribution in [-0.4, -0.2) is 17.2 Å². The van der Waals surface area contributed by atoms with Crippen molar-refractivity contribution in [3.8, 4) is 11.1 Å². The van der Waals surface area contributed by atoms with E-state index in [1.54, 1.807) is 6.34 Å². The van der Waals surface area contributed by atoms with Gasteiger partial charge in [0.25, 0.3) is 0 Å². The zero-order valence-electron chi connectivity index (χ0n) is 20.6. The van der Waals surface area contributed by atoms with Crippen molar-refractivity contribution in [3.05, 3.63) is 142 Å². The second kappa shape index (κ2) is 10.2. The fraction of sp³-hybridized carbons (Fsp3) is 0.0625. The molecule has 0 aliphatic carbocycles. The van der Waals surface area contributed by atoms with Crippen LogP contribution in [0, 0.1) is 3.57 Å². The van der Waals surface area contributed by atoms with Gasteiger partial charge in [0.15, 0.2) is 0 Å². The van der Waals surface area contributed by atoms with Crippen LogP contribution in [0.25, 0.3) is 21.9 Å². The van der Waals surface area contributed by atoms with Gasteiger partial charge in [-0.2, -0.15) is 0 Å². The Balaban J connectivity index is 1.23. The van der Waals surface area contributed by atoms with Gasteiger partial charge >= 0.3 is 233 Å². The number of nitrogens with zero attached hydrogens (tertiary/aromatic N) is 2. The molecule has 0 bridgehead atoms. The maximum absolute atomic E-state index is 4.46. The van der Waals surface area contributed by atoms with E-state index in [4.69, 9.17) is 0 Å². The van der Waals surface area contributed by atoms with E-state index in [9.17, 15) is 0 Å². The number of hydrazine groups is 1. The van der Waals surface area contributed by atoms with Gasteiger partial charge in [-0.15, -0.1) is 0 Å². The van der Waals surface area contributed by atoms with E-state index in [-0.39, 0.29) is 33.8 Å². The summed E-state index contributed by atoms with van der Waals surface area (Å²) in [4.78, 5) is 0. The Labute approximate surface area is 232 Å². The first-order valence-electron chi connectivity index (χ1n) is 12.7. The van der Waals surface area contributed by atoms with Crippen molar-refractivity contribution in [2.24, 2.45) is 0 Å². The Hall–Kier alpha value is -3.78. The predicted molar refractivity (Wildman–Crippen MR) is 150 cm³/mol. The molecule has 3 N–H and O–H groups in total. The average molecular weight is 607 g/mol. The molecule has 2 heterocycles. The third-order valence-corrected chi connectivity index (χ3v) is 9.21. The van der Waals surface area contributed by atoms with Gasteiger partial charge in [-0.1, -0.05) is 0 Å². The summed E-state index contributed by atoms with van der Waals surface area (Å²) in [5.41, 5.74) is 9.63. The van der Waals surface area contributed by atoms with Gasteiger partial charge in [-0.3, -0.25) is 0 Å². The molecule has 2 aliphatic heterocycles. The summed E-state index contributed by atoms with van der Waals surface area (Å²) >= 11 is -0.367. The zero-order valence-corrected chi connectivity index (χ0v) is 22.7. The normalized spacial score (nSPS) is 18.5. The second-order valence-corrected chi connectivity index (χ2v) is 11.7. The molecule has 5 nitrogen and oxygen atoms in total. The number of amidine groups is 1. The molecule has 1 fully saturated rings. The summed E-state index contributed by atoms with van der Waals surface area (Å²) < 4.78 is 9.72. The van der Waals surface area contributed by atoms with Gasteiger partial charge in [-0.05, 0) is 0 Å². The van der Waals surface area contributed by atoms with Crippen molar-refractivity contribution in [1.82, 2.24) is 23.9 Å². The molecular weight excluding hydrogens is 581 g/mol. The Kier molecular flexibility index (Phi) is 6.25. The summed E-state index contributed by atoms with van der Waals surface area (Å²) in [5, 5.41) is 8.02. The molecule has 5 aromatic carbocycles. The van der Waals surface area contributed by atoms with Crippen molar-refractivity contribution in [1.29, 1.82) is 0 Å². The van der Waals surface area contributed by atoms with E-state index in [1.165, 1.54) is 36.6 Å².